The predicted octanol–water partition coefficient (Wildman–Crippen LogP) is 3.00. The molecular formula is C12H15BrClN3. The maximum atomic E-state index is 5.89. The number of pyridine rings is 1. The first-order chi connectivity index (χ1) is 8.22. The first-order valence-corrected chi connectivity index (χ1v) is 7.19. The number of nitrogens with one attached hydrogen (secondary N) is 1. The van der Waals surface area contributed by atoms with Crippen LogP contribution in [-0.4, -0.2) is 35.6 Å². The van der Waals surface area contributed by atoms with E-state index < -0.39 is 0 Å². The Morgan fingerprint density at radius 3 is 2.76 bits per heavy atom. The van der Waals surface area contributed by atoms with Crippen molar-refractivity contribution in [2.75, 3.05) is 25.0 Å². The van der Waals surface area contributed by atoms with Crippen LogP contribution >= 0.6 is 27.5 Å². The quantitative estimate of drug-likeness (QED) is 0.909. The SMILES string of the molecule is Clc1cnc(NC2CN3CCC2CC3)c(Br)c1. The Morgan fingerprint density at radius 2 is 2.18 bits per heavy atom. The van der Waals surface area contributed by atoms with Crippen molar-refractivity contribution in [1.82, 2.24) is 9.88 Å². The second-order valence-corrected chi connectivity index (χ2v) is 6.16. The molecule has 17 heavy (non-hydrogen) atoms. The minimum atomic E-state index is 0.530. The van der Waals surface area contributed by atoms with Crippen molar-refractivity contribution in [2.24, 2.45) is 5.92 Å². The van der Waals surface area contributed by atoms with Gasteiger partial charge in [0.25, 0.3) is 0 Å². The molecule has 1 atom stereocenters. The molecule has 3 nitrogen and oxygen atoms in total. The highest BCUT2D eigenvalue weighted by Gasteiger charge is 2.34. The van der Waals surface area contributed by atoms with Gasteiger partial charge in [0.05, 0.1) is 9.50 Å². The lowest BCUT2D eigenvalue weighted by atomic mass is 9.84. The smallest absolute Gasteiger partial charge is 0.140 e. The lowest BCUT2D eigenvalue weighted by Crippen LogP contribution is -2.53. The Balaban J connectivity index is 1.74. The van der Waals surface area contributed by atoms with Gasteiger partial charge in [-0.2, -0.15) is 0 Å². The third-order valence-corrected chi connectivity index (χ3v) is 4.60. The van der Waals surface area contributed by atoms with E-state index in [0.717, 1.165) is 22.8 Å². The molecule has 0 amide bonds. The standard InChI is InChI=1S/C12H15BrClN3/c13-10-5-9(14)6-15-12(10)16-11-7-17-3-1-8(11)2-4-17/h5-6,8,11H,1-4,7H2,(H,15,16). The van der Waals surface area contributed by atoms with Crippen LogP contribution in [0.25, 0.3) is 0 Å². The maximum Gasteiger partial charge on any atom is 0.140 e. The molecule has 2 bridgehead atoms. The molecule has 5 heteroatoms. The topological polar surface area (TPSA) is 28.2 Å². The lowest BCUT2D eigenvalue weighted by molar-refractivity contribution is 0.0973. The fourth-order valence-electron chi connectivity index (χ4n) is 2.83. The third kappa shape index (κ3) is 2.44. The molecule has 4 heterocycles. The second-order valence-electron chi connectivity index (χ2n) is 4.87. The molecule has 3 saturated heterocycles. The summed E-state index contributed by atoms with van der Waals surface area (Å²) in [7, 11) is 0. The van der Waals surface area contributed by atoms with Gasteiger partial charge in [0.1, 0.15) is 5.82 Å². The van der Waals surface area contributed by atoms with Crippen LogP contribution in [0.15, 0.2) is 16.7 Å². The van der Waals surface area contributed by atoms with E-state index in [2.05, 4.69) is 31.1 Å². The van der Waals surface area contributed by atoms with E-state index in [1.54, 1.807) is 6.20 Å². The summed E-state index contributed by atoms with van der Waals surface area (Å²) in [6.07, 6.45) is 4.31. The number of hydrogen-bond donors (Lipinski definition) is 1. The lowest BCUT2D eigenvalue weighted by Gasteiger charge is -2.45. The van der Waals surface area contributed by atoms with Crippen LogP contribution in [0.1, 0.15) is 12.8 Å². The molecule has 3 fully saturated rings. The first kappa shape index (κ1) is 11.8. The van der Waals surface area contributed by atoms with Crippen molar-refractivity contribution in [3.63, 3.8) is 0 Å². The van der Waals surface area contributed by atoms with Crippen LogP contribution in [0.3, 0.4) is 0 Å². The van der Waals surface area contributed by atoms with E-state index in [1.165, 1.54) is 25.9 Å². The minimum Gasteiger partial charge on any atom is -0.365 e. The van der Waals surface area contributed by atoms with Gasteiger partial charge in [0, 0.05) is 18.8 Å². The molecule has 4 rings (SSSR count). The summed E-state index contributed by atoms with van der Waals surface area (Å²) < 4.78 is 0.946. The molecule has 3 aliphatic rings. The summed E-state index contributed by atoms with van der Waals surface area (Å²) in [6, 6.07) is 2.42. The van der Waals surface area contributed by atoms with Crippen LogP contribution in [0.5, 0.6) is 0 Å². The zero-order valence-electron chi connectivity index (χ0n) is 9.50. The predicted molar refractivity (Wildman–Crippen MR) is 73.5 cm³/mol. The van der Waals surface area contributed by atoms with Gasteiger partial charge in [0.15, 0.2) is 0 Å². The molecule has 0 aromatic carbocycles. The summed E-state index contributed by atoms with van der Waals surface area (Å²) in [5.41, 5.74) is 0. The summed E-state index contributed by atoms with van der Waals surface area (Å²) in [6.45, 7) is 3.66. The molecule has 3 aliphatic heterocycles. The van der Waals surface area contributed by atoms with Gasteiger partial charge in [-0.25, -0.2) is 4.98 Å². The average Bonchev–Trinajstić information content (AvgIpc) is 2.34. The fourth-order valence-corrected chi connectivity index (χ4v) is 3.58. The Bertz CT molecular complexity index is 418. The Labute approximate surface area is 115 Å². The second kappa shape index (κ2) is 4.75. The summed E-state index contributed by atoms with van der Waals surface area (Å²) >= 11 is 9.40. The zero-order valence-corrected chi connectivity index (χ0v) is 11.8. The number of halogens is 2. The average molecular weight is 317 g/mol. The van der Waals surface area contributed by atoms with Gasteiger partial charge in [-0.05, 0) is 53.8 Å². The number of aromatic nitrogens is 1. The molecule has 1 aromatic rings. The summed E-state index contributed by atoms with van der Waals surface area (Å²) in [5.74, 6) is 1.71. The highest BCUT2D eigenvalue weighted by Crippen LogP contribution is 2.31. The van der Waals surface area contributed by atoms with E-state index in [1.807, 2.05) is 6.07 Å². The molecule has 0 saturated carbocycles. The normalized spacial score (nSPS) is 31.5. The zero-order chi connectivity index (χ0) is 11.8. The molecule has 0 radical (unpaired) electrons. The minimum absolute atomic E-state index is 0.530. The highest BCUT2D eigenvalue weighted by atomic mass is 79.9. The van der Waals surface area contributed by atoms with Crippen LogP contribution in [-0.2, 0) is 0 Å². The van der Waals surface area contributed by atoms with Crippen LogP contribution in [0.2, 0.25) is 5.02 Å². The maximum absolute atomic E-state index is 5.89. The number of rotatable bonds is 2. The molecule has 1 N–H and O–H groups in total. The van der Waals surface area contributed by atoms with Crippen molar-refractivity contribution >= 4 is 33.3 Å². The molecule has 92 valence electrons. The fraction of sp³-hybridized carbons (Fsp3) is 0.583. The number of nitrogens with zero attached hydrogens (tertiary/aromatic N) is 2. The van der Waals surface area contributed by atoms with Gasteiger partial charge < -0.3 is 10.2 Å². The van der Waals surface area contributed by atoms with Gasteiger partial charge in [-0.1, -0.05) is 11.6 Å². The van der Waals surface area contributed by atoms with Crippen LogP contribution in [0, 0.1) is 5.92 Å². The van der Waals surface area contributed by atoms with Gasteiger partial charge in [-0.3, -0.25) is 0 Å². The van der Waals surface area contributed by atoms with Crippen molar-refractivity contribution in [2.45, 2.75) is 18.9 Å². The number of piperidine rings is 3. The van der Waals surface area contributed by atoms with Crippen molar-refractivity contribution in [1.29, 1.82) is 0 Å². The monoisotopic (exact) mass is 315 g/mol. The molecule has 0 aliphatic carbocycles. The number of anilines is 1. The summed E-state index contributed by atoms with van der Waals surface area (Å²) in [4.78, 5) is 6.88. The highest BCUT2D eigenvalue weighted by molar-refractivity contribution is 9.10. The van der Waals surface area contributed by atoms with Gasteiger partial charge in [-0.15, -0.1) is 0 Å². The number of fused-ring (bicyclic) bond motifs is 3. The van der Waals surface area contributed by atoms with Crippen molar-refractivity contribution in [3.05, 3.63) is 21.8 Å². The van der Waals surface area contributed by atoms with Crippen molar-refractivity contribution in [3.8, 4) is 0 Å². The molecular weight excluding hydrogens is 302 g/mol. The van der Waals surface area contributed by atoms with Gasteiger partial charge in [0.2, 0.25) is 0 Å². The number of hydrogen-bond acceptors (Lipinski definition) is 3. The molecule has 1 unspecified atom stereocenters. The Kier molecular flexibility index (Phi) is 3.28. The van der Waals surface area contributed by atoms with E-state index in [0.29, 0.717) is 11.1 Å². The van der Waals surface area contributed by atoms with Crippen LogP contribution in [0.4, 0.5) is 5.82 Å². The third-order valence-electron chi connectivity index (χ3n) is 3.79. The Morgan fingerprint density at radius 1 is 1.41 bits per heavy atom. The van der Waals surface area contributed by atoms with E-state index >= 15 is 0 Å². The Hall–Kier alpha value is -0.320. The van der Waals surface area contributed by atoms with E-state index in [4.69, 9.17) is 11.6 Å². The van der Waals surface area contributed by atoms with E-state index in [-0.39, 0.29) is 0 Å². The molecule has 0 spiro atoms. The van der Waals surface area contributed by atoms with E-state index in [9.17, 15) is 0 Å². The summed E-state index contributed by atoms with van der Waals surface area (Å²) in [5, 5.41) is 4.21. The largest absolute Gasteiger partial charge is 0.365 e. The molecule has 1 aromatic heterocycles. The van der Waals surface area contributed by atoms with Gasteiger partial charge >= 0.3 is 0 Å². The van der Waals surface area contributed by atoms with Crippen molar-refractivity contribution < 1.29 is 0 Å². The van der Waals surface area contributed by atoms with Crippen LogP contribution < -0.4 is 5.32 Å². The first-order valence-electron chi connectivity index (χ1n) is 6.02.